The Morgan fingerprint density at radius 3 is 2.17 bits per heavy atom. The third kappa shape index (κ3) is 3.95. The van der Waals surface area contributed by atoms with Crippen molar-refractivity contribution in [3.8, 4) is 0 Å². The maximum absolute atomic E-state index is 14.4. The minimum absolute atomic E-state index is 0.112. The minimum Gasteiger partial charge on any atom is -0.419 e. The quantitative estimate of drug-likeness (QED) is 0.462. The number of nitrogens with one attached hydrogen (secondary N) is 1. The van der Waals surface area contributed by atoms with Gasteiger partial charge in [-0.1, -0.05) is 20.8 Å². The number of ether oxygens (including phenoxy) is 2. The van der Waals surface area contributed by atoms with Crippen molar-refractivity contribution >= 4 is 33.6 Å². The molecule has 1 aliphatic heterocycles. The first-order valence-electron chi connectivity index (χ1n) is 7.33. The van der Waals surface area contributed by atoms with E-state index in [-0.39, 0.29) is 16.7 Å². The predicted molar refractivity (Wildman–Crippen MR) is 90.8 cm³/mol. The minimum atomic E-state index is -1.31. The summed E-state index contributed by atoms with van der Waals surface area (Å²) in [6, 6.07) is 3.19. The van der Waals surface area contributed by atoms with Crippen LogP contribution in [0.15, 0.2) is 28.4 Å². The van der Waals surface area contributed by atoms with E-state index >= 15 is 0 Å². The summed E-state index contributed by atoms with van der Waals surface area (Å²) in [5.74, 6) is -3.48. The molecule has 24 heavy (non-hydrogen) atoms. The number of anilines is 1. The Kier molecular flexibility index (Phi) is 4.77. The van der Waals surface area contributed by atoms with E-state index in [1.165, 1.54) is 19.9 Å². The third-order valence-corrected chi connectivity index (χ3v) is 4.01. The predicted octanol–water partition coefficient (Wildman–Crippen LogP) is 4.02. The fourth-order valence-electron chi connectivity index (χ4n) is 2.07. The standard InChI is InChI=1S/C17H19BrFNO4/c1-16(2,3)9-6-11(18)13(12(19)7-9)20-8-10-14(21)23-17(4,5)24-15(10)22/h6-8,20H,1-5H3. The summed E-state index contributed by atoms with van der Waals surface area (Å²) in [5.41, 5.74) is 0.368. The van der Waals surface area contributed by atoms with Crippen molar-refractivity contribution in [2.75, 3.05) is 5.32 Å². The Morgan fingerprint density at radius 2 is 1.71 bits per heavy atom. The second kappa shape index (κ2) is 6.20. The van der Waals surface area contributed by atoms with E-state index in [1.807, 2.05) is 20.8 Å². The third-order valence-electron chi connectivity index (χ3n) is 3.39. The summed E-state index contributed by atoms with van der Waals surface area (Å²) >= 11 is 3.30. The number of hydrogen-bond donors (Lipinski definition) is 1. The molecule has 0 aromatic heterocycles. The summed E-state index contributed by atoms with van der Waals surface area (Å²) in [6.07, 6.45) is 1.08. The van der Waals surface area contributed by atoms with E-state index in [0.29, 0.717) is 4.47 Å². The molecule has 7 heteroatoms. The van der Waals surface area contributed by atoms with Gasteiger partial charge in [0.2, 0.25) is 0 Å². The molecule has 1 heterocycles. The smallest absolute Gasteiger partial charge is 0.350 e. The van der Waals surface area contributed by atoms with Gasteiger partial charge in [-0.25, -0.2) is 14.0 Å². The molecule has 0 aliphatic carbocycles. The fraction of sp³-hybridized carbons (Fsp3) is 0.412. The van der Waals surface area contributed by atoms with Gasteiger partial charge in [-0.2, -0.15) is 0 Å². The number of benzene rings is 1. The maximum Gasteiger partial charge on any atom is 0.350 e. The Labute approximate surface area is 148 Å². The zero-order valence-electron chi connectivity index (χ0n) is 14.1. The molecule has 1 fully saturated rings. The molecule has 0 spiro atoms. The Hall–Kier alpha value is -1.89. The highest BCUT2D eigenvalue weighted by Crippen LogP contribution is 2.33. The zero-order valence-corrected chi connectivity index (χ0v) is 15.7. The van der Waals surface area contributed by atoms with E-state index in [9.17, 15) is 14.0 Å². The molecule has 0 amide bonds. The first-order valence-corrected chi connectivity index (χ1v) is 8.13. The Morgan fingerprint density at radius 1 is 1.17 bits per heavy atom. The van der Waals surface area contributed by atoms with Gasteiger partial charge in [-0.05, 0) is 39.0 Å². The second-order valence-corrected chi connectivity index (χ2v) is 7.80. The van der Waals surface area contributed by atoms with Crippen molar-refractivity contribution in [1.29, 1.82) is 0 Å². The number of carbonyl (C=O) groups excluding carboxylic acids is 2. The molecule has 1 aliphatic rings. The van der Waals surface area contributed by atoms with E-state index in [4.69, 9.17) is 9.47 Å². The van der Waals surface area contributed by atoms with Gasteiger partial charge in [-0.3, -0.25) is 0 Å². The van der Waals surface area contributed by atoms with Crippen LogP contribution in [-0.4, -0.2) is 17.7 Å². The normalized spacial score (nSPS) is 17.2. The van der Waals surface area contributed by atoms with Gasteiger partial charge in [0, 0.05) is 24.5 Å². The molecule has 0 bridgehead atoms. The molecule has 0 unspecified atom stereocenters. The Bertz CT molecular complexity index is 690. The molecule has 2 rings (SSSR count). The average Bonchev–Trinajstić information content (AvgIpc) is 2.37. The van der Waals surface area contributed by atoms with Crippen LogP contribution < -0.4 is 5.32 Å². The lowest BCUT2D eigenvalue weighted by Crippen LogP contribution is -2.42. The average molecular weight is 400 g/mol. The van der Waals surface area contributed by atoms with Gasteiger partial charge in [0.05, 0.1) is 5.69 Å². The molecule has 5 nitrogen and oxygen atoms in total. The highest BCUT2D eigenvalue weighted by atomic mass is 79.9. The Balaban J connectivity index is 2.29. The lowest BCUT2D eigenvalue weighted by molar-refractivity contribution is -0.222. The molecular formula is C17H19BrFNO4. The number of cyclic esters (lactones) is 2. The monoisotopic (exact) mass is 399 g/mol. The van der Waals surface area contributed by atoms with Crippen molar-refractivity contribution in [3.63, 3.8) is 0 Å². The molecule has 130 valence electrons. The number of rotatable bonds is 2. The van der Waals surface area contributed by atoms with Crippen LogP contribution in [0.25, 0.3) is 0 Å². The molecule has 1 N–H and O–H groups in total. The van der Waals surface area contributed by atoms with Crippen molar-refractivity contribution in [2.45, 2.75) is 45.8 Å². The van der Waals surface area contributed by atoms with E-state index < -0.39 is 23.5 Å². The largest absolute Gasteiger partial charge is 0.419 e. The molecule has 1 aromatic carbocycles. The van der Waals surface area contributed by atoms with E-state index in [1.54, 1.807) is 6.07 Å². The number of halogens is 2. The van der Waals surface area contributed by atoms with Crippen molar-refractivity contribution in [1.82, 2.24) is 0 Å². The number of carbonyl (C=O) groups is 2. The van der Waals surface area contributed by atoms with Gasteiger partial charge in [0.15, 0.2) is 5.57 Å². The summed E-state index contributed by atoms with van der Waals surface area (Å²) in [6.45, 7) is 8.82. The van der Waals surface area contributed by atoms with Crippen molar-refractivity contribution < 1.29 is 23.5 Å². The molecule has 0 saturated carbocycles. The lowest BCUT2D eigenvalue weighted by atomic mass is 9.87. The highest BCUT2D eigenvalue weighted by molar-refractivity contribution is 9.10. The van der Waals surface area contributed by atoms with E-state index in [2.05, 4.69) is 21.2 Å². The SMILES string of the molecule is CC1(C)OC(=O)C(=CNc2c(F)cc(C(C)(C)C)cc2Br)C(=O)O1. The first-order chi connectivity index (χ1) is 10.9. The molecule has 0 radical (unpaired) electrons. The fourth-order valence-corrected chi connectivity index (χ4v) is 2.62. The van der Waals surface area contributed by atoms with Crippen LogP contribution in [0, 0.1) is 5.82 Å². The number of hydrogen-bond acceptors (Lipinski definition) is 5. The molecular weight excluding hydrogens is 381 g/mol. The lowest BCUT2D eigenvalue weighted by Gasteiger charge is -2.29. The van der Waals surface area contributed by atoms with Crippen LogP contribution in [0.1, 0.15) is 40.2 Å². The highest BCUT2D eigenvalue weighted by Gasteiger charge is 2.39. The van der Waals surface area contributed by atoms with Crippen molar-refractivity contribution in [2.24, 2.45) is 0 Å². The summed E-state index contributed by atoms with van der Waals surface area (Å²) in [5, 5.41) is 2.63. The van der Waals surface area contributed by atoms with Crippen LogP contribution in [0.4, 0.5) is 10.1 Å². The van der Waals surface area contributed by atoms with Gasteiger partial charge >= 0.3 is 11.9 Å². The zero-order chi connectivity index (χ0) is 18.3. The van der Waals surface area contributed by atoms with Gasteiger partial charge in [0.1, 0.15) is 5.82 Å². The second-order valence-electron chi connectivity index (χ2n) is 6.95. The molecule has 1 aromatic rings. The molecule has 0 atom stereocenters. The topological polar surface area (TPSA) is 64.6 Å². The summed E-state index contributed by atoms with van der Waals surface area (Å²) in [4.78, 5) is 23.7. The van der Waals surface area contributed by atoms with Crippen LogP contribution >= 0.6 is 15.9 Å². The molecule has 1 saturated heterocycles. The summed E-state index contributed by atoms with van der Waals surface area (Å²) < 4.78 is 24.8. The van der Waals surface area contributed by atoms with Crippen LogP contribution in [-0.2, 0) is 24.5 Å². The van der Waals surface area contributed by atoms with E-state index in [0.717, 1.165) is 11.8 Å². The van der Waals surface area contributed by atoms with Crippen LogP contribution in [0.2, 0.25) is 0 Å². The van der Waals surface area contributed by atoms with Crippen LogP contribution in [0.5, 0.6) is 0 Å². The van der Waals surface area contributed by atoms with Crippen LogP contribution in [0.3, 0.4) is 0 Å². The first kappa shape index (κ1) is 18.4. The summed E-state index contributed by atoms with van der Waals surface area (Å²) in [7, 11) is 0. The van der Waals surface area contributed by atoms with Gasteiger partial charge in [0.25, 0.3) is 5.79 Å². The van der Waals surface area contributed by atoms with Crippen molar-refractivity contribution in [3.05, 3.63) is 39.8 Å². The van der Waals surface area contributed by atoms with Gasteiger partial charge < -0.3 is 14.8 Å². The number of esters is 2. The maximum atomic E-state index is 14.4. The van der Waals surface area contributed by atoms with Gasteiger partial charge in [-0.15, -0.1) is 0 Å².